The summed E-state index contributed by atoms with van der Waals surface area (Å²) in [7, 11) is 0. The topological polar surface area (TPSA) is 73.9 Å². The quantitative estimate of drug-likeness (QED) is 0.869. The number of carbonyl (C=O) groups excluding carboxylic acids is 1. The Kier molecular flexibility index (Phi) is 4.83. The van der Waals surface area contributed by atoms with E-state index in [1.807, 2.05) is 0 Å². The fourth-order valence-electron chi connectivity index (χ4n) is 4.38. The molecule has 0 radical (unpaired) electrons. The molecule has 3 aliphatic rings. The standard InChI is InChI=1S/C18H29N5O/c24-18(14-6-7-14)23-10-8-15(9-11-23)21-16(17-19-12-20-22-17)13-4-2-1-3-5-13/h12-16,21H,1-11H2,(H,19,20,22). The third kappa shape index (κ3) is 3.63. The first-order chi connectivity index (χ1) is 11.8. The molecule has 3 fully saturated rings. The molecule has 132 valence electrons. The molecule has 2 saturated carbocycles. The van der Waals surface area contributed by atoms with Crippen LogP contribution in [0.1, 0.15) is 69.7 Å². The summed E-state index contributed by atoms with van der Waals surface area (Å²) in [6, 6.07) is 0.758. The van der Waals surface area contributed by atoms with E-state index in [1.165, 1.54) is 32.1 Å². The van der Waals surface area contributed by atoms with Gasteiger partial charge in [0.05, 0.1) is 6.04 Å². The highest BCUT2D eigenvalue weighted by atomic mass is 16.2. The molecule has 6 heteroatoms. The lowest BCUT2D eigenvalue weighted by Crippen LogP contribution is -2.47. The van der Waals surface area contributed by atoms with Gasteiger partial charge in [0.1, 0.15) is 12.2 Å². The molecule has 2 N–H and O–H groups in total. The van der Waals surface area contributed by atoms with Crippen LogP contribution in [0.15, 0.2) is 6.33 Å². The predicted octanol–water partition coefficient (Wildman–Crippen LogP) is 2.42. The van der Waals surface area contributed by atoms with Gasteiger partial charge in [-0.3, -0.25) is 9.89 Å². The molecule has 0 bridgehead atoms. The largest absolute Gasteiger partial charge is 0.342 e. The normalized spacial score (nSPS) is 24.9. The highest BCUT2D eigenvalue weighted by molar-refractivity contribution is 5.81. The lowest BCUT2D eigenvalue weighted by Gasteiger charge is -2.37. The van der Waals surface area contributed by atoms with E-state index < -0.39 is 0 Å². The third-order valence-electron chi connectivity index (χ3n) is 6.00. The lowest BCUT2D eigenvalue weighted by atomic mass is 9.83. The summed E-state index contributed by atoms with van der Waals surface area (Å²) in [5.41, 5.74) is 0. The molecular weight excluding hydrogens is 302 g/mol. The molecule has 24 heavy (non-hydrogen) atoms. The Balaban J connectivity index is 1.35. The van der Waals surface area contributed by atoms with Crippen LogP contribution in [0.3, 0.4) is 0 Å². The van der Waals surface area contributed by atoms with Gasteiger partial charge in [0.2, 0.25) is 5.91 Å². The number of nitrogens with zero attached hydrogens (tertiary/aromatic N) is 3. The molecule has 2 aliphatic carbocycles. The van der Waals surface area contributed by atoms with Crippen LogP contribution in [0, 0.1) is 11.8 Å². The SMILES string of the molecule is O=C(C1CC1)N1CCC(NC(c2ncn[nH]2)C2CCCCC2)CC1. The van der Waals surface area contributed by atoms with E-state index in [1.54, 1.807) is 6.33 Å². The van der Waals surface area contributed by atoms with Crippen molar-refractivity contribution in [2.24, 2.45) is 11.8 Å². The van der Waals surface area contributed by atoms with Crippen molar-refractivity contribution >= 4 is 5.91 Å². The van der Waals surface area contributed by atoms with Crippen molar-refractivity contribution in [2.45, 2.75) is 69.9 Å². The molecule has 1 aromatic heterocycles. The van der Waals surface area contributed by atoms with E-state index in [9.17, 15) is 4.79 Å². The lowest BCUT2D eigenvalue weighted by molar-refractivity contribution is -0.133. The Labute approximate surface area is 143 Å². The fourth-order valence-corrected chi connectivity index (χ4v) is 4.38. The van der Waals surface area contributed by atoms with Gasteiger partial charge in [-0.05, 0) is 44.4 Å². The summed E-state index contributed by atoms with van der Waals surface area (Å²) < 4.78 is 0. The minimum Gasteiger partial charge on any atom is -0.342 e. The van der Waals surface area contributed by atoms with E-state index in [0.29, 0.717) is 23.8 Å². The number of piperidine rings is 1. The maximum atomic E-state index is 12.2. The van der Waals surface area contributed by atoms with E-state index in [4.69, 9.17) is 0 Å². The van der Waals surface area contributed by atoms with Crippen LogP contribution in [0.4, 0.5) is 0 Å². The number of rotatable bonds is 5. The van der Waals surface area contributed by atoms with Crippen LogP contribution in [-0.4, -0.2) is 45.1 Å². The maximum absolute atomic E-state index is 12.2. The minimum atomic E-state index is 0.281. The monoisotopic (exact) mass is 331 g/mol. The van der Waals surface area contributed by atoms with Crippen molar-refractivity contribution in [3.63, 3.8) is 0 Å². The van der Waals surface area contributed by atoms with E-state index >= 15 is 0 Å². The Morgan fingerprint density at radius 2 is 1.88 bits per heavy atom. The van der Waals surface area contributed by atoms with Crippen molar-refractivity contribution in [2.75, 3.05) is 13.1 Å². The minimum absolute atomic E-state index is 0.281. The van der Waals surface area contributed by atoms with Crippen LogP contribution in [0.5, 0.6) is 0 Å². The molecular formula is C18H29N5O. The van der Waals surface area contributed by atoms with Gasteiger partial charge in [0, 0.05) is 25.0 Å². The molecule has 1 atom stereocenters. The van der Waals surface area contributed by atoms with Gasteiger partial charge in [-0.2, -0.15) is 5.10 Å². The van der Waals surface area contributed by atoms with Gasteiger partial charge in [-0.1, -0.05) is 19.3 Å². The average Bonchev–Trinajstić information content (AvgIpc) is 3.35. The zero-order chi connectivity index (χ0) is 16.4. The molecule has 6 nitrogen and oxygen atoms in total. The molecule has 1 amide bonds. The Morgan fingerprint density at radius 1 is 1.12 bits per heavy atom. The van der Waals surface area contributed by atoms with Gasteiger partial charge in [0.25, 0.3) is 0 Å². The second-order valence-electron chi connectivity index (χ2n) is 7.79. The number of aromatic amines is 1. The van der Waals surface area contributed by atoms with Crippen molar-refractivity contribution in [1.82, 2.24) is 25.4 Å². The molecule has 1 aromatic rings. The summed E-state index contributed by atoms with van der Waals surface area (Å²) in [6.07, 6.45) is 12.5. The van der Waals surface area contributed by atoms with Crippen molar-refractivity contribution in [3.8, 4) is 0 Å². The van der Waals surface area contributed by atoms with Crippen LogP contribution < -0.4 is 5.32 Å². The summed E-state index contributed by atoms with van der Waals surface area (Å²) >= 11 is 0. The number of H-pyrrole nitrogens is 1. The molecule has 1 aliphatic heterocycles. The molecule has 2 heterocycles. The number of aromatic nitrogens is 3. The highest BCUT2D eigenvalue weighted by Crippen LogP contribution is 2.35. The van der Waals surface area contributed by atoms with Crippen LogP contribution in [-0.2, 0) is 4.79 Å². The zero-order valence-electron chi connectivity index (χ0n) is 14.4. The molecule has 0 aromatic carbocycles. The Bertz CT molecular complexity index is 528. The van der Waals surface area contributed by atoms with Gasteiger partial charge in [-0.15, -0.1) is 0 Å². The zero-order valence-corrected chi connectivity index (χ0v) is 14.4. The second kappa shape index (κ2) is 7.21. The predicted molar refractivity (Wildman–Crippen MR) is 91.2 cm³/mol. The molecule has 1 saturated heterocycles. The van der Waals surface area contributed by atoms with E-state index in [0.717, 1.165) is 44.6 Å². The highest BCUT2D eigenvalue weighted by Gasteiger charge is 2.36. The van der Waals surface area contributed by atoms with Crippen LogP contribution >= 0.6 is 0 Å². The number of likely N-dealkylation sites (tertiary alicyclic amines) is 1. The van der Waals surface area contributed by atoms with E-state index in [-0.39, 0.29) is 6.04 Å². The average molecular weight is 331 g/mol. The van der Waals surface area contributed by atoms with Crippen LogP contribution in [0.2, 0.25) is 0 Å². The number of amides is 1. The van der Waals surface area contributed by atoms with Crippen molar-refractivity contribution in [1.29, 1.82) is 0 Å². The third-order valence-corrected chi connectivity index (χ3v) is 6.00. The smallest absolute Gasteiger partial charge is 0.225 e. The van der Waals surface area contributed by atoms with Gasteiger partial charge in [-0.25, -0.2) is 4.98 Å². The molecule has 4 rings (SSSR count). The summed E-state index contributed by atoms with van der Waals surface area (Å²) in [5, 5.41) is 11.0. The van der Waals surface area contributed by atoms with Crippen LogP contribution in [0.25, 0.3) is 0 Å². The molecule has 0 spiro atoms. The van der Waals surface area contributed by atoms with Crippen molar-refractivity contribution in [3.05, 3.63) is 12.2 Å². The van der Waals surface area contributed by atoms with Gasteiger partial charge in [0.15, 0.2) is 0 Å². The Hall–Kier alpha value is -1.43. The molecule has 1 unspecified atom stereocenters. The number of nitrogens with one attached hydrogen (secondary N) is 2. The van der Waals surface area contributed by atoms with E-state index in [2.05, 4.69) is 25.4 Å². The summed E-state index contributed by atoms with van der Waals surface area (Å²) in [6.45, 7) is 1.81. The first-order valence-electron chi connectivity index (χ1n) is 9.71. The number of hydrogen-bond acceptors (Lipinski definition) is 4. The summed E-state index contributed by atoms with van der Waals surface area (Å²) in [4.78, 5) is 18.7. The first-order valence-corrected chi connectivity index (χ1v) is 9.71. The maximum Gasteiger partial charge on any atom is 0.225 e. The van der Waals surface area contributed by atoms with Crippen molar-refractivity contribution < 1.29 is 4.79 Å². The number of hydrogen-bond donors (Lipinski definition) is 2. The fraction of sp³-hybridized carbons (Fsp3) is 0.833. The van der Waals surface area contributed by atoms with Gasteiger partial charge >= 0.3 is 0 Å². The number of carbonyl (C=O) groups is 1. The second-order valence-corrected chi connectivity index (χ2v) is 7.79. The van der Waals surface area contributed by atoms with Gasteiger partial charge < -0.3 is 10.2 Å². The Morgan fingerprint density at radius 3 is 2.50 bits per heavy atom. The summed E-state index contributed by atoms with van der Waals surface area (Å²) in [5.74, 6) is 2.38. The first kappa shape index (κ1) is 16.1.